The van der Waals surface area contributed by atoms with Gasteiger partial charge in [-0.25, -0.2) is 8.78 Å². The molecule has 0 atom stereocenters. The first kappa shape index (κ1) is 11.1. The molecule has 0 bridgehead atoms. The molecule has 1 amide bonds. The molecule has 1 aliphatic rings. The van der Waals surface area contributed by atoms with Crippen molar-refractivity contribution in [1.29, 1.82) is 0 Å². The SMILES string of the molecule is NC/C=C/C(=O)N1CCCC(F)(F)C1. The average Bonchev–Trinajstić information content (AvgIpc) is 2.12. The van der Waals surface area contributed by atoms with Crippen LogP contribution in [-0.2, 0) is 4.79 Å². The van der Waals surface area contributed by atoms with Gasteiger partial charge in [0.1, 0.15) is 0 Å². The largest absolute Gasteiger partial charge is 0.333 e. The minimum Gasteiger partial charge on any atom is -0.333 e. The van der Waals surface area contributed by atoms with Crippen molar-refractivity contribution >= 4 is 5.91 Å². The van der Waals surface area contributed by atoms with Crippen molar-refractivity contribution in [2.24, 2.45) is 5.73 Å². The number of piperidine rings is 1. The molecule has 0 aliphatic carbocycles. The molecule has 14 heavy (non-hydrogen) atoms. The predicted molar refractivity (Wildman–Crippen MR) is 49.0 cm³/mol. The fourth-order valence-electron chi connectivity index (χ4n) is 1.43. The molecule has 0 saturated carbocycles. The Bertz CT molecular complexity index is 241. The number of nitrogens with zero attached hydrogens (tertiary/aromatic N) is 1. The van der Waals surface area contributed by atoms with Crippen LogP contribution < -0.4 is 5.73 Å². The van der Waals surface area contributed by atoms with E-state index < -0.39 is 12.5 Å². The van der Waals surface area contributed by atoms with E-state index >= 15 is 0 Å². The Balaban J connectivity index is 2.52. The number of rotatable bonds is 2. The summed E-state index contributed by atoms with van der Waals surface area (Å²) in [5, 5.41) is 0. The molecule has 0 aromatic heterocycles. The van der Waals surface area contributed by atoms with Crippen molar-refractivity contribution in [3.05, 3.63) is 12.2 Å². The number of likely N-dealkylation sites (tertiary alicyclic amines) is 1. The highest BCUT2D eigenvalue weighted by Crippen LogP contribution is 2.26. The quantitative estimate of drug-likeness (QED) is 0.675. The summed E-state index contributed by atoms with van der Waals surface area (Å²) < 4.78 is 25.8. The lowest BCUT2D eigenvalue weighted by Crippen LogP contribution is -2.45. The molecule has 0 radical (unpaired) electrons. The van der Waals surface area contributed by atoms with Crippen LogP contribution in [0.25, 0.3) is 0 Å². The summed E-state index contributed by atoms with van der Waals surface area (Å²) in [4.78, 5) is 12.5. The lowest BCUT2D eigenvalue weighted by Gasteiger charge is -2.31. The Kier molecular flexibility index (Phi) is 3.57. The van der Waals surface area contributed by atoms with E-state index in [1.54, 1.807) is 0 Å². The van der Waals surface area contributed by atoms with Gasteiger partial charge in [-0.15, -0.1) is 0 Å². The van der Waals surface area contributed by atoms with E-state index in [4.69, 9.17) is 5.73 Å². The maximum absolute atomic E-state index is 12.9. The van der Waals surface area contributed by atoms with E-state index in [1.165, 1.54) is 12.2 Å². The fourth-order valence-corrected chi connectivity index (χ4v) is 1.43. The second-order valence-corrected chi connectivity index (χ2v) is 3.36. The van der Waals surface area contributed by atoms with Crippen LogP contribution in [-0.4, -0.2) is 36.4 Å². The molecule has 1 saturated heterocycles. The van der Waals surface area contributed by atoms with E-state index in [9.17, 15) is 13.6 Å². The molecule has 3 nitrogen and oxygen atoms in total. The third-order valence-corrected chi connectivity index (χ3v) is 2.10. The highest BCUT2D eigenvalue weighted by molar-refractivity contribution is 5.87. The predicted octanol–water partition coefficient (Wildman–Crippen LogP) is 0.759. The molecular weight excluding hydrogens is 190 g/mol. The van der Waals surface area contributed by atoms with Gasteiger partial charge in [0.25, 0.3) is 5.92 Å². The first-order valence-electron chi connectivity index (χ1n) is 4.58. The Morgan fingerprint density at radius 3 is 2.86 bits per heavy atom. The van der Waals surface area contributed by atoms with Gasteiger partial charge >= 0.3 is 0 Å². The molecule has 1 heterocycles. The average molecular weight is 204 g/mol. The van der Waals surface area contributed by atoms with Gasteiger partial charge in [-0.05, 0) is 6.42 Å². The zero-order valence-corrected chi connectivity index (χ0v) is 7.88. The first-order valence-corrected chi connectivity index (χ1v) is 4.58. The van der Waals surface area contributed by atoms with Gasteiger partial charge < -0.3 is 10.6 Å². The van der Waals surface area contributed by atoms with Gasteiger partial charge in [-0.2, -0.15) is 0 Å². The Labute approximate surface area is 81.6 Å². The summed E-state index contributed by atoms with van der Waals surface area (Å²) in [6.07, 6.45) is 2.95. The molecule has 1 rings (SSSR count). The van der Waals surface area contributed by atoms with E-state index in [1.807, 2.05) is 0 Å². The van der Waals surface area contributed by atoms with Crippen molar-refractivity contribution in [2.45, 2.75) is 18.8 Å². The number of halogens is 2. The zero-order valence-electron chi connectivity index (χ0n) is 7.88. The van der Waals surface area contributed by atoms with Crippen molar-refractivity contribution in [3.63, 3.8) is 0 Å². The molecule has 1 fully saturated rings. The fraction of sp³-hybridized carbons (Fsp3) is 0.667. The van der Waals surface area contributed by atoms with Crippen LogP contribution >= 0.6 is 0 Å². The van der Waals surface area contributed by atoms with Gasteiger partial charge in [-0.3, -0.25) is 4.79 Å². The summed E-state index contributed by atoms with van der Waals surface area (Å²) in [6.45, 7) is 0.181. The Morgan fingerprint density at radius 2 is 2.29 bits per heavy atom. The van der Waals surface area contributed by atoms with E-state index in [0.29, 0.717) is 13.0 Å². The highest BCUT2D eigenvalue weighted by Gasteiger charge is 2.36. The van der Waals surface area contributed by atoms with Crippen LogP contribution in [0.1, 0.15) is 12.8 Å². The maximum atomic E-state index is 12.9. The van der Waals surface area contributed by atoms with Crippen LogP contribution in [0.15, 0.2) is 12.2 Å². The number of carbonyl (C=O) groups is 1. The van der Waals surface area contributed by atoms with Gasteiger partial charge in [0.15, 0.2) is 0 Å². The molecular formula is C9H14F2N2O. The van der Waals surface area contributed by atoms with Crippen LogP contribution in [0.3, 0.4) is 0 Å². The minimum atomic E-state index is -2.73. The third kappa shape index (κ3) is 3.06. The Morgan fingerprint density at radius 1 is 1.57 bits per heavy atom. The first-order chi connectivity index (χ1) is 6.55. The normalized spacial score (nSPS) is 21.5. The molecule has 2 N–H and O–H groups in total. The lowest BCUT2D eigenvalue weighted by molar-refractivity contribution is -0.136. The monoisotopic (exact) mass is 204 g/mol. The molecule has 0 aromatic rings. The molecule has 1 aliphatic heterocycles. The summed E-state index contributed by atoms with van der Waals surface area (Å²) in [6, 6.07) is 0. The number of nitrogens with two attached hydrogens (primary N) is 1. The maximum Gasteiger partial charge on any atom is 0.265 e. The minimum absolute atomic E-state index is 0.128. The molecule has 80 valence electrons. The summed E-state index contributed by atoms with van der Waals surface area (Å²) >= 11 is 0. The lowest BCUT2D eigenvalue weighted by atomic mass is 10.1. The summed E-state index contributed by atoms with van der Waals surface area (Å²) in [5.74, 6) is -3.11. The van der Waals surface area contributed by atoms with Gasteiger partial charge in [-0.1, -0.05) is 6.08 Å². The third-order valence-electron chi connectivity index (χ3n) is 2.10. The number of amides is 1. The van der Waals surface area contributed by atoms with Crippen molar-refractivity contribution < 1.29 is 13.6 Å². The number of hydrogen-bond donors (Lipinski definition) is 1. The van der Waals surface area contributed by atoms with Crippen LogP contribution in [0.2, 0.25) is 0 Å². The smallest absolute Gasteiger partial charge is 0.265 e. The molecule has 5 heteroatoms. The van der Waals surface area contributed by atoms with Crippen LogP contribution in [0.4, 0.5) is 8.78 Å². The van der Waals surface area contributed by atoms with Crippen LogP contribution in [0, 0.1) is 0 Å². The number of carbonyl (C=O) groups excluding carboxylic acids is 1. The second-order valence-electron chi connectivity index (χ2n) is 3.36. The van der Waals surface area contributed by atoms with Crippen molar-refractivity contribution in [3.8, 4) is 0 Å². The summed E-state index contributed by atoms with van der Waals surface area (Å²) in [7, 11) is 0. The van der Waals surface area contributed by atoms with Crippen molar-refractivity contribution in [2.75, 3.05) is 19.6 Å². The van der Waals surface area contributed by atoms with Gasteiger partial charge in [0, 0.05) is 25.6 Å². The number of alkyl halides is 2. The van der Waals surface area contributed by atoms with Gasteiger partial charge in [0.05, 0.1) is 6.54 Å². The van der Waals surface area contributed by atoms with E-state index in [-0.39, 0.29) is 18.9 Å². The standard InChI is InChI=1S/C9H14F2N2O/c10-9(11)4-2-6-13(7-9)8(14)3-1-5-12/h1,3H,2,4-7,12H2/b3-1+. The topological polar surface area (TPSA) is 46.3 Å². The molecule has 0 spiro atoms. The zero-order chi connectivity index (χ0) is 10.6. The second kappa shape index (κ2) is 4.50. The molecule has 0 aromatic carbocycles. The molecule has 0 unspecified atom stereocenters. The highest BCUT2D eigenvalue weighted by atomic mass is 19.3. The Hall–Kier alpha value is -0.970. The van der Waals surface area contributed by atoms with Gasteiger partial charge in [0.2, 0.25) is 5.91 Å². The summed E-state index contributed by atoms with van der Waals surface area (Å²) in [5.41, 5.74) is 5.15. The van der Waals surface area contributed by atoms with Crippen LogP contribution in [0.5, 0.6) is 0 Å². The van der Waals surface area contributed by atoms with E-state index in [2.05, 4.69) is 0 Å². The number of hydrogen-bond acceptors (Lipinski definition) is 2. The van der Waals surface area contributed by atoms with Crippen molar-refractivity contribution in [1.82, 2.24) is 4.90 Å². The van der Waals surface area contributed by atoms with E-state index in [0.717, 1.165) is 4.90 Å².